The van der Waals surface area contributed by atoms with Crippen molar-refractivity contribution >= 4 is 54.2 Å². The Kier molecular flexibility index (Phi) is 14.0. The second-order valence-electron chi connectivity index (χ2n) is 5.94. The Morgan fingerprint density at radius 2 is 1.71 bits per heavy atom. The van der Waals surface area contributed by atoms with Gasteiger partial charge >= 0.3 is 37.9 Å². The van der Waals surface area contributed by atoms with Gasteiger partial charge in [0.2, 0.25) is 0 Å². The van der Waals surface area contributed by atoms with Crippen molar-refractivity contribution in [1.29, 1.82) is 0 Å². The first kappa shape index (κ1) is 25.2. The van der Waals surface area contributed by atoms with E-state index in [-0.39, 0.29) is 5.54 Å². The van der Waals surface area contributed by atoms with E-state index in [1.165, 1.54) is 20.5 Å². The molecule has 1 unspecified atom stereocenters. The standard InChI is InChI=1S/C11H6BrS.C4H10N.C2H6Si.2ClH.Zr/c12-10-6-8-5-7-3-1-2-4-9(7)11(8)13-10;1-4(2,3)5;1-3-2;;;/h1-4,6,11H;5H,1-3H3;1-2H3;2*1H;/q2*-1;;;;+4/p-2. The molecule has 1 aromatic rings. The average Bonchev–Trinajstić information content (AvgIpc) is 2.94. The minimum atomic E-state index is -0.826. The SMILES string of the molecule is BrC1=CC2=[C-]c3ccccc3C2S1.CC(C)(C)[NH-].C[Si]C.[Cl][Zr+2][Cl]. The Labute approximate surface area is 180 Å². The van der Waals surface area contributed by atoms with Crippen molar-refractivity contribution in [3.8, 4) is 0 Å². The Balaban J connectivity index is 0.000000406. The summed E-state index contributed by atoms with van der Waals surface area (Å²) in [4.78, 5) is 0. The number of nitrogens with one attached hydrogen (secondary N) is 1. The Morgan fingerprint density at radius 3 is 2.21 bits per heavy atom. The number of rotatable bonds is 0. The molecular weight excluding hydrogens is 520 g/mol. The molecule has 1 N–H and O–H groups in total. The molecule has 0 amide bonds. The fraction of sp³-hybridized carbons (Fsp3) is 0.412. The molecule has 1 atom stereocenters. The van der Waals surface area contributed by atoms with Gasteiger partial charge in [0.15, 0.2) is 0 Å². The molecule has 3 rings (SSSR count). The molecule has 0 fully saturated rings. The van der Waals surface area contributed by atoms with E-state index in [1.807, 2.05) is 32.5 Å². The quantitative estimate of drug-likeness (QED) is 0.242. The molecule has 2 radical (unpaired) electrons. The zero-order chi connectivity index (χ0) is 18.8. The topological polar surface area (TPSA) is 23.8 Å². The van der Waals surface area contributed by atoms with Crippen LogP contribution in [-0.4, -0.2) is 15.1 Å². The van der Waals surface area contributed by atoms with Gasteiger partial charge in [0, 0.05) is 18.6 Å². The molecule has 1 nitrogen and oxygen atoms in total. The molecule has 0 saturated carbocycles. The molecule has 1 aromatic carbocycles. The van der Waals surface area contributed by atoms with Crippen molar-refractivity contribution in [3.05, 3.63) is 62.7 Å². The Morgan fingerprint density at radius 1 is 1.25 bits per heavy atom. The van der Waals surface area contributed by atoms with Crippen LogP contribution in [0.2, 0.25) is 13.1 Å². The second-order valence-corrected chi connectivity index (χ2v) is 13.2. The molecule has 7 heteroatoms. The summed E-state index contributed by atoms with van der Waals surface area (Å²) >= 11 is 4.54. The molecule has 0 spiro atoms. The van der Waals surface area contributed by atoms with Crippen LogP contribution >= 0.6 is 44.7 Å². The first-order chi connectivity index (χ1) is 11.2. The molecule has 1 heterocycles. The zero-order valence-electron chi connectivity index (χ0n) is 14.5. The van der Waals surface area contributed by atoms with Gasteiger partial charge in [-0.25, -0.2) is 0 Å². The number of hydrogen-bond donors (Lipinski definition) is 0. The third-order valence-electron chi connectivity index (χ3n) is 2.30. The summed E-state index contributed by atoms with van der Waals surface area (Å²) in [5.41, 5.74) is 10.6. The van der Waals surface area contributed by atoms with Crippen LogP contribution in [-0.2, 0) is 20.8 Å². The third-order valence-corrected chi connectivity index (χ3v) is 4.18. The molecule has 1 aliphatic carbocycles. The van der Waals surface area contributed by atoms with Gasteiger partial charge in [-0.1, -0.05) is 61.9 Å². The number of halogens is 3. The van der Waals surface area contributed by atoms with Gasteiger partial charge in [-0.05, 0) is 0 Å². The van der Waals surface area contributed by atoms with Gasteiger partial charge in [0.1, 0.15) is 0 Å². The van der Waals surface area contributed by atoms with Crippen LogP contribution in [0.3, 0.4) is 0 Å². The van der Waals surface area contributed by atoms with E-state index in [9.17, 15) is 0 Å². The number of hydrogen-bond acceptors (Lipinski definition) is 1. The summed E-state index contributed by atoms with van der Waals surface area (Å²) in [7, 11) is 11.0. The van der Waals surface area contributed by atoms with Crippen molar-refractivity contribution in [2.45, 2.75) is 44.7 Å². The van der Waals surface area contributed by atoms with E-state index < -0.39 is 20.8 Å². The normalized spacial score (nSPS) is 16.5. The summed E-state index contributed by atoms with van der Waals surface area (Å²) in [6.45, 7) is 9.87. The third kappa shape index (κ3) is 11.0. The Bertz CT molecular complexity index is 554. The van der Waals surface area contributed by atoms with Crippen molar-refractivity contribution in [1.82, 2.24) is 0 Å². The monoisotopic (exact) mass is 539 g/mol. The predicted octanol–water partition coefficient (Wildman–Crippen LogP) is 7.80. The molecule has 1 aliphatic heterocycles. The zero-order valence-corrected chi connectivity index (χ0v) is 21.9. The molecular formula is C17H22BrCl2NSSiZr. The summed E-state index contributed by atoms with van der Waals surface area (Å²) in [5.74, 6) is 0. The van der Waals surface area contributed by atoms with Gasteiger partial charge < -0.3 is 5.73 Å². The van der Waals surface area contributed by atoms with Crippen molar-refractivity contribution in [2.24, 2.45) is 0 Å². The first-order valence-electron chi connectivity index (χ1n) is 7.24. The summed E-state index contributed by atoms with van der Waals surface area (Å²) < 4.78 is 1.22. The van der Waals surface area contributed by atoms with Gasteiger partial charge in [-0.2, -0.15) is 0 Å². The molecule has 0 aromatic heterocycles. The minimum absolute atomic E-state index is 0.250. The number of fused-ring (bicyclic) bond motifs is 3. The van der Waals surface area contributed by atoms with E-state index in [4.69, 9.17) is 22.8 Å². The fourth-order valence-electron chi connectivity index (χ4n) is 1.74. The average molecular weight is 543 g/mol. The molecule has 2 aliphatic rings. The van der Waals surface area contributed by atoms with Crippen molar-refractivity contribution in [2.75, 3.05) is 0 Å². The number of allylic oxidation sites excluding steroid dienone is 1. The maximum absolute atomic E-state index is 6.94. The number of thioether (sulfide) groups is 1. The van der Waals surface area contributed by atoms with Gasteiger partial charge in [0.25, 0.3) is 0 Å². The van der Waals surface area contributed by atoms with Crippen LogP contribution in [0.4, 0.5) is 0 Å². The molecule has 0 bridgehead atoms. The first-order valence-corrected chi connectivity index (χ1v) is 17.2. The van der Waals surface area contributed by atoms with E-state index >= 15 is 0 Å². The summed E-state index contributed by atoms with van der Waals surface area (Å²) in [6, 6.07) is 8.47. The van der Waals surface area contributed by atoms with E-state index in [0.29, 0.717) is 5.25 Å². The predicted molar refractivity (Wildman–Crippen MR) is 113 cm³/mol. The maximum atomic E-state index is 6.94. The molecule has 24 heavy (non-hydrogen) atoms. The van der Waals surface area contributed by atoms with Crippen LogP contribution < -0.4 is 0 Å². The van der Waals surface area contributed by atoms with Gasteiger partial charge in [-0.15, -0.1) is 58.3 Å². The molecule has 130 valence electrons. The van der Waals surface area contributed by atoms with Gasteiger partial charge in [0.05, 0.1) is 0 Å². The van der Waals surface area contributed by atoms with E-state index in [1.54, 1.807) is 0 Å². The Hall–Kier alpha value is 1.17. The van der Waals surface area contributed by atoms with Crippen molar-refractivity contribution in [3.63, 3.8) is 0 Å². The molecule has 0 saturated heterocycles. The van der Waals surface area contributed by atoms with Crippen LogP contribution in [0.1, 0.15) is 37.1 Å². The van der Waals surface area contributed by atoms with Crippen molar-refractivity contribution < 1.29 is 20.8 Å². The van der Waals surface area contributed by atoms with Crippen LogP contribution in [0, 0.1) is 6.08 Å². The van der Waals surface area contributed by atoms with Crippen LogP contribution in [0.25, 0.3) is 5.73 Å². The van der Waals surface area contributed by atoms with E-state index in [0.717, 1.165) is 9.52 Å². The summed E-state index contributed by atoms with van der Waals surface area (Å²) in [6.07, 6.45) is 5.58. The van der Waals surface area contributed by atoms with Crippen LogP contribution in [0.5, 0.6) is 0 Å². The van der Waals surface area contributed by atoms with Crippen LogP contribution in [0.15, 0.2) is 39.7 Å². The summed E-state index contributed by atoms with van der Waals surface area (Å²) in [5, 5.41) is 0.491. The number of benzene rings is 1. The second kappa shape index (κ2) is 13.4. The van der Waals surface area contributed by atoms with E-state index in [2.05, 4.69) is 65.4 Å². The fourth-order valence-corrected chi connectivity index (χ4v) is 3.55. The van der Waals surface area contributed by atoms with Gasteiger partial charge in [-0.3, -0.25) is 0 Å².